The second-order valence-corrected chi connectivity index (χ2v) is 5.08. The topological polar surface area (TPSA) is 43.4 Å². The number of methoxy groups -OCH3 is 1. The van der Waals surface area contributed by atoms with Crippen LogP contribution in [0.2, 0.25) is 0 Å². The summed E-state index contributed by atoms with van der Waals surface area (Å²) in [5, 5.41) is 0. The van der Waals surface area contributed by atoms with E-state index >= 15 is 0 Å². The highest BCUT2D eigenvalue weighted by Gasteiger charge is 2.26. The number of fused-ring (bicyclic) bond motifs is 1. The van der Waals surface area contributed by atoms with Gasteiger partial charge in [-0.15, -0.1) is 0 Å². The Kier molecular flexibility index (Phi) is 4.72. The zero-order valence-electron chi connectivity index (χ0n) is 11.4. The Bertz CT molecular complexity index is 465. The summed E-state index contributed by atoms with van der Waals surface area (Å²) in [6, 6.07) is 7.89. The van der Waals surface area contributed by atoms with Crippen LogP contribution in [0.5, 0.6) is 0 Å². The van der Waals surface area contributed by atoms with Gasteiger partial charge in [0.2, 0.25) is 0 Å². The third-order valence-corrected chi connectivity index (χ3v) is 3.83. The van der Waals surface area contributed by atoms with Gasteiger partial charge in [0.25, 0.3) is 0 Å². The van der Waals surface area contributed by atoms with Crippen LogP contribution < -0.4 is 0 Å². The Labute approximate surface area is 114 Å². The van der Waals surface area contributed by atoms with E-state index in [9.17, 15) is 9.59 Å². The second kappa shape index (κ2) is 6.50. The fourth-order valence-corrected chi connectivity index (χ4v) is 2.70. The Morgan fingerprint density at radius 3 is 2.89 bits per heavy atom. The van der Waals surface area contributed by atoms with Gasteiger partial charge in [-0.25, -0.2) is 0 Å². The molecule has 0 fully saturated rings. The molecule has 2 rings (SSSR count). The van der Waals surface area contributed by atoms with Crippen molar-refractivity contribution in [2.45, 2.75) is 38.5 Å². The summed E-state index contributed by atoms with van der Waals surface area (Å²) < 4.78 is 4.60. The Morgan fingerprint density at radius 1 is 1.32 bits per heavy atom. The van der Waals surface area contributed by atoms with Crippen LogP contribution in [-0.4, -0.2) is 18.9 Å². The summed E-state index contributed by atoms with van der Waals surface area (Å²) in [5.74, 6) is 0.243. The first-order valence-electron chi connectivity index (χ1n) is 6.91. The van der Waals surface area contributed by atoms with Gasteiger partial charge >= 0.3 is 5.97 Å². The van der Waals surface area contributed by atoms with Gasteiger partial charge in [-0.1, -0.05) is 30.7 Å². The highest BCUT2D eigenvalue weighted by Crippen LogP contribution is 2.28. The van der Waals surface area contributed by atoms with Crippen molar-refractivity contribution < 1.29 is 14.3 Å². The average Bonchev–Trinajstić information content (AvgIpc) is 2.45. The summed E-state index contributed by atoms with van der Waals surface area (Å²) in [7, 11) is 1.41. The van der Waals surface area contributed by atoms with Gasteiger partial charge in [0, 0.05) is 17.9 Å². The van der Waals surface area contributed by atoms with Gasteiger partial charge < -0.3 is 4.74 Å². The van der Waals surface area contributed by atoms with E-state index in [-0.39, 0.29) is 17.7 Å². The number of ketones is 1. The molecule has 0 heterocycles. The zero-order chi connectivity index (χ0) is 13.7. The van der Waals surface area contributed by atoms with E-state index in [1.54, 1.807) is 0 Å². The first-order chi connectivity index (χ1) is 9.22. The number of aryl methyl sites for hydroxylation is 1. The standard InChI is InChI=1S/C16H20O3/c1-19-15(17)9-5-3-7-13-11-10-12-6-2-4-8-14(12)16(13)18/h2,4,6,8,13H,3,5,7,9-11H2,1H3/t13-/m1/s1. The van der Waals surface area contributed by atoms with Crippen molar-refractivity contribution in [1.82, 2.24) is 0 Å². The van der Waals surface area contributed by atoms with Crippen LogP contribution in [0, 0.1) is 5.92 Å². The highest BCUT2D eigenvalue weighted by molar-refractivity contribution is 6.00. The third-order valence-electron chi connectivity index (χ3n) is 3.83. The van der Waals surface area contributed by atoms with E-state index < -0.39 is 0 Å². The van der Waals surface area contributed by atoms with Gasteiger partial charge in [0.15, 0.2) is 5.78 Å². The maximum atomic E-state index is 12.3. The van der Waals surface area contributed by atoms with Crippen molar-refractivity contribution in [2.24, 2.45) is 5.92 Å². The van der Waals surface area contributed by atoms with Gasteiger partial charge in [-0.2, -0.15) is 0 Å². The Balaban J connectivity index is 1.84. The first kappa shape index (κ1) is 13.8. The van der Waals surface area contributed by atoms with Crippen molar-refractivity contribution >= 4 is 11.8 Å². The van der Waals surface area contributed by atoms with Gasteiger partial charge in [0.05, 0.1) is 7.11 Å². The molecule has 0 unspecified atom stereocenters. The number of benzene rings is 1. The molecule has 1 aliphatic carbocycles. The number of hydrogen-bond donors (Lipinski definition) is 0. The van der Waals surface area contributed by atoms with Crippen molar-refractivity contribution in [3.63, 3.8) is 0 Å². The molecule has 3 nitrogen and oxygen atoms in total. The second-order valence-electron chi connectivity index (χ2n) is 5.08. The summed E-state index contributed by atoms with van der Waals surface area (Å²) >= 11 is 0. The van der Waals surface area contributed by atoms with Crippen LogP contribution in [0.1, 0.15) is 48.0 Å². The van der Waals surface area contributed by atoms with E-state index in [2.05, 4.69) is 4.74 Å². The highest BCUT2D eigenvalue weighted by atomic mass is 16.5. The predicted molar refractivity (Wildman–Crippen MR) is 73.1 cm³/mol. The fraction of sp³-hybridized carbons (Fsp3) is 0.500. The molecule has 0 aromatic heterocycles. The number of hydrogen-bond acceptors (Lipinski definition) is 3. The van der Waals surface area contributed by atoms with Crippen LogP contribution in [0.15, 0.2) is 24.3 Å². The molecular formula is C16H20O3. The number of Topliss-reactive ketones (excluding diaryl/α,β-unsaturated/α-hetero) is 1. The average molecular weight is 260 g/mol. The number of unbranched alkanes of at least 4 members (excludes halogenated alkanes) is 1. The summed E-state index contributed by atoms with van der Waals surface area (Å²) in [6.07, 6.45) is 4.97. The maximum Gasteiger partial charge on any atom is 0.305 e. The molecule has 0 aliphatic heterocycles. The van der Waals surface area contributed by atoms with E-state index in [1.807, 2.05) is 24.3 Å². The molecular weight excluding hydrogens is 240 g/mol. The van der Waals surface area contributed by atoms with Crippen molar-refractivity contribution in [3.05, 3.63) is 35.4 Å². The lowest BCUT2D eigenvalue weighted by atomic mass is 9.80. The molecule has 1 atom stereocenters. The van der Waals surface area contributed by atoms with Gasteiger partial charge in [-0.05, 0) is 31.2 Å². The molecule has 19 heavy (non-hydrogen) atoms. The summed E-state index contributed by atoms with van der Waals surface area (Å²) in [5.41, 5.74) is 2.07. The molecule has 1 aliphatic rings. The van der Waals surface area contributed by atoms with E-state index in [1.165, 1.54) is 12.7 Å². The summed E-state index contributed by atoms with van der Waals surface area (Å²) in [4.78, 5) is 23.3. The molecule has 0 N–H and O–H groups in total. The number of carbonyl (C=O) groups is 2. The normalized spacial score (nSPS) is 17.9. The number of ether oxygens (including phenoxy) is 1. The fourth-order valence-electron chi connectivity index (χ4n) is 2.70. The number of carbonyl (C=O) groups excluding carboxylic acids is 2. The van der Waals surface area contributed by atoms with E-state index in [0.29, 0.717) is 6.42 Å². The molecule has 0 amide bonds. The molecule has 0 radical (unpaired) electrons. The molecule has 0 saturated carbocycles. The largest absolute Gasteiger partial charge is 0.469 e. The smallest absolute Gasteiger partial charge is 0.305 e. The molecule has 1 aromatic carbocycles. The van der Waals surface area contributed by atoms with Crippen molar-refractivity contribution in [1.29, 1.82) is 0 Å². The molecule has 0 bridgehead atoms. The third kappa shape index (κ3) is 3.43. The van der Waals surface area contributed by atoms with Crippen molar-refractivity contribution in [2.75, 3.05) is 7.11 Å². The van der Waals surface area contributed by atoms with Crippen LogP contribution in [0.3, 0.4) is 0 Å². The first-order valence-corrected chi connectivity index (χ1v) is 6.91. The van der Waals surface area contributed by atoms with Crippen LogP contribution in [0.25, 0.3) is 0 Å². The minimum absolute atomic E-state index is 0.132. The monoisotopic (exact) mass is 260 g/mol. The number of esters is 1. The molecule has 0 spiro atoms. The molecule has 3 heteroatoms. The van der Waals surface area contributed by atoms with Crippen LogP contribution in [0.4, 0.5) is 0 Å². The zero-order valence-corrected chi connectivity index (χ0v) is 11.4. The van der Waals surface area contributed by atoms with E-state index in [4.69, 9.17) is 0 Å². The molecule has 1 aromatic rings. The SMILES string of the molecule is COC(=O)CCCC[C@@H]1CCc2ccccc2C1=O. The lowest BCUT2D eigenvalue weighted by molar-refractivity contribution is -0.140. The Morgan fingerprint density at radius 2 is 2.11 bits per heavy atom. The lowest BCUT2D eigenvalue weighted by Crippen LogP contribution is -2.22. The Hall–Kier alpha value is -1.64. The van der Waals surface area contributed by atoms with Crippen LogP contribution >= 0.6 is 0 Å². The van der Waals surface area contributed by atoms with Gasteiger partial charge in [-0.3, -0.25) is 9.59 Å². The quantitative estimate of drug-likeness (QED) is 0.603. The summed E-state index contributed by atoms with van der Waals surface area (Å²) in [6.45, 7) is 0. The minimum Gasteiger partial charge on any atom is -0.469 e. The van der Waals surface area contributed by atoms with Gasteiger partial charge in [0.1, 0.15) is 0 Å². The molecule has 102 valence electrons. The predicted octanol–water partition coefficient (Wildman–Crippen LogP) is 3.17. The number of rotatable bonds is 5. The minimum atomic E-state index is -0.166. The van der Waals surface area contributed by atoms with Crippen LogP contribution in [-0.2, 0) is 16.0 Å². The molecule has 0 saturated heterocycles. The van der Waals surface area contributed by atoms with E-state index in [0.717, 1.165) is 37.7 Å². The maximum absolute atomic E-state index is 12.3. The van der Waals surface area contributed by atoms with Crippen molar-refractivity contribution in [3.8, 4) is 0 Å². The lowest BCUT2D eigenvalue weighted by Gasteiger charge is -2.23.